The first-order valence-electron chi connectivity index (χ1n) is 4.37. The zero-order valence-electron chi connectivity index (χ0n) is 8.77. The first-order valence-corrected chi connectivity index (χ1v) is 4.37. The van der Waals surface area contributed by atoms with Crippen LogP contribution in [-0.4, -0.2) is 65.5 Å². The fraction of sp³-hybridized carbons (Fsp3) is 1.00. The molecule has 0 unspecified atom stereocenters. The molecule has 0 amide bonds. The van der Waals surface area contributed by atoms with Crippen molar-refractivity contribution in [2.24, 2.45) is 5.73 Å². The summed E-state index contributed by atoms with van der Waals surface area (Å²) in [6.07, 6.45) is 0. The van der Waals surface area contributed by atoms with Crippen LogP contribution in [0, 0.1) is 0 Å². The van der Waals surface area contributed by atoms with Gasteiger partial charge in [-0.05, 0) is 14.0 Å². The normalized spacial score (nSPS) is 11.1. The fourth-order valence-electron chi connectivity index (χ4n) is 0.290. The molecule has 14 heavy (non-hydrogen) atoms. The first-order chi connectivity index (χ1) is 6.47. The van der Waals surface area contributed by atoms with Gasteiger partial charge in [0.15, 0.2) is 0 Å². The Morgan fingerprint density at radius 1 is 1.14 bits per heavy atom. The van der Waals surface area contributed by atoms with Crippen LogP contribution in [0.15, 0.2) is 0 Å². The van der Waals surface area contributed by atoms with Gasteiger partial charge in [0.25, 0.3) is 0 Å². The summed E-state index contributed by atoms with van der Waals surface area (Å²) in [6.45, 7) is 1.21. The minimum atomic E-state index is -0.806. The lowest BCUT2D eigenvalue weighted by Gasteiger charge is -2.16. The Morgan fingerprint density at radius 2 is 1.50 bits per heavy atom. The Bertz CT molecular complexity index is 106. The lowest BCUT2D eigenvalue weighted by molar-refractivity contribution is 0.134. The highest BCUT2D eigenvalue weighted by Crippen LogP contribution is 1.91. The van der Waals surface area contributed by atoms with Gasteiger partial charge in [-0.25, -0.2) is 0 Å². The summed E-state index contributed by atoms with van der Waals surface area (Å²) in [5.41, 5.74) is 4.41. The van der Waals surface area contributed by atoms with E-state index in [4.69, 9.17) is 26.2 Å². The molecule has 7 N–H and O–H groups in total. The molecule has 0 aliphatic carbocycles. The molecular formula is C8H22N2O4. The Kier molecular flexibility index (Phi) is 10.8. The lowest BCUT2D eigenvalue weighted by Crippen LogP contribution is -2.43. The molecule has 0 heterocycles. The maximum Gasteiger partial charge on any atom is 0.0631 e. The number of likely N-dealkylation sites (N-methyl/N-ethyl adjacent to an activating group) is 1. The van der Waals surface area contributed by atoms with E-state index >= 15 is 0 Å². The van der Waals surface area contributed by atoms with Gasteiger partial charge in [-0.3, -0.25) is 0 Å². The van der Waals surface area contributed by atoms with Crippen molar-refractivity contribution in [2.45, 2.75) is 18.5 Å². The number of rotatable bonds is 5. The van der Waals surface area contributed by atoms with Crippen LogP contribution in [0.5, 0.6) is 0 Å². The van der Waals surface area contributed by atoms with Gasteiger partial charge >= 0.3 is 0 Å². The molecule has 0 aliphatic rings. The number of hydrogen-bond acceptors (Lipinski definition) is 6. The van der Waals surface area contributed by atoms with Crippen LogP contribution in [0.4, 0.5) is 0 Å². The second-order valence-electron chi connectivity index (χ2n) is 3.32. The Labute approximate surface area is 84.4 Å². The molecule has 0 aromatic rings. The molecule has 6 nitrogen and oxygen atoms in total. The van der Waals surface area contributed by atoms with Crippen molar-refractivity contribution in [1.29, 1.82) is 0 Å². The summed E-state index contributed by atoms with van der Waals surface area (Å²) in [7, 11) is 1.69. The summed E-state index contributed by atoms with van der Waals surface area (Å²) in [5, 5.41) is 35.9. The third-order valence-corrected chi connectivity index (χ3v) is 1.57. The summed E-state index contributed by atoms with van der Waals surface area (Å²) in [5.74, 6) is 0. The number of nitrogens with two attached hydrogens (primary N) is 1. The van der Waals surface area contributed by atoms with Crippen molar-refractivity contribution in [3.63, 3.8) is 0 Å². The SMILES string of the molecule is CC(N)(CO)CO.CNC(CO)CO. The van der Waals surface area contributed by atoms with Gasteiger partial charge < -0.3 is 31.5 Å². The molecule has 0 aromatic carbocycles. The molecule has 88 valence electrons. The molecule has 6 heteroatoms. The number of nitrogens with one attached hydrogen (secondary N) is 1. The van der Waals surface area contributed by atoms with Gasteiger partial charge in [-0.1, -0.05) is 0 Å². The Morgan fingerprint density at radius 3 is 1.50 bits per heavy atom. The monoisotopic (exact) mass is 210 g/mol. The van der Waals surface area contributed by atoms with Crippen LogP contribution in [0.2, 0.25) is 0 Å². The summed E-state index contributed by atoms with van der Waals surface area (Å²) >= 11 is 0. The van der Waals surface area contributed by atoms with Gasteiger partial charge in [-0.15, -0.1) is 0 Å². The number of aliphatic hydroxyl groups excluding tert-OH is 4. The van der Waals surface area contributed by atoms with Crippen molar-refractivity contribution in [2.75, 3.05) is 33.5 Å². The number of aliphatic hydroxyl groups is 4. The smallest absolute Gasteiger partial charge is 0.0631 e. The van der Waals surface area contributed by atoms with Crippen LogP contribution in [-0.2, 0) is 0 Å². The highest BCUT2D eigenvalue weighted by Gasteiger charge is 2.13. The van der Waals surface area contributed by atoms with Crippen LogP contribution in [0.25, 0.3) is 0 Å². The van der Waals surface area contributed by atoms with Crippen molar-refractivity contribution < 1.29 is 20.4 Å². The minimum Gasteiger partial charge on any atom is -0.395 e. The molecule has 0 saturated carbocycles. The maximum atomic E-state index is 8.31. The Balaban J connectivity index is 0. The summed E-state index contributed by atoms with van der Waals surface area (Å²) in [4.78, 5) is 0. The minimum absolute atomic E-state index is 0.00694. The van der Waals surface area contributed by atoms with Gasteiger partial charge in [-0.2, -0.15) is 0 Å². The standard InChI is InChI=1S/2C4H11NO2/c1-5-4(2-6)3-7;1-4(5,2-6)3-7/h4-7H,2-3H2,1H3;6-7H,2-3,5H2,1H3. The van der Waals surface area contributed by atoms with Crippen LogP contribution in [0.3, 0.4) is 0 Å². The molecular weight excluding hydrogens is 188 g/mol. The molecule has 0 aliphatic heterocycles. The molecule has 0 atom stereocenters. The molecule has 0 saturated heterocycles. The zero-order chi connectivity index (χ0) is 11.6. The van der Waals surface area contributed by atoms with E-state index in [1.165, 1.54) is 0 Å². The Hall–Kier alpha value is -0.240. The first kappa shape index (κ1) is 16.2. The van der Waals surface area contributed by atoms with Gasteiger partial charge in [0, 0.05) is 0 Å². The predicted molar refractivity (Wildman–Crippen MR) is 53.8 cm³/mol. The molecule has 0 radical (unpaired) electrons. The van der Waals surface area contributed by atoms with E-state index < -0.39 is 5.54 Å². The summed E-state index contributed by atoms with van der Waals surface area (Å²) in [6, 6.07) is -0.153. The molecule has 0 rings (SSSR count). The number of hydrogen-bond donors (Lipinski definition) is 6. The molecule has 0 fully saturated rings. The molecule has 0 aromatic heterocycles. The average Bonchev–Trinajstić information content (AvgIpc) is 2.21. The second kappa shape index (κ2) is 9.32. The highest BCUT2D eigenvalue weighted by molar-refractivity contribution is 4.74. The summed E-state index contributed by atoms with van der Waals surface area (Å²) < 4.78 is 0. The van der Waals surface area contributed by atoms with Crippen LogP contribution >= 0.6 is 0 Å². The van der Waals surface area contributed by atoms with Crippen molar-refractivity contribution in [3.8, 4) is 0 Å². The van der Waals surface area contributed by atoms with Crippen LogP contribution < -0.4 is 11.1 Å². The second-order valence-corrected chi connectivity index (χ2v) is 3.32. The third kappa shape index (κ3) is 9.85. The van der Waals surface area contributed by atoms with E-state index in [9.17, 15) is 0 Å². The third-order valence-electron chi connectivity index (χ3n) is 1.57. The largest absolute Gasteiger partial charge is 0.395 e. The quantitative estimate of drug-likeness (QED) is 0.293. The van der Waals surface area contributed by atoms with E-state index in [-0.39, 0.29) is 32.5 Å². The average molecular weight is 210 g/mol. The topological polar surface area (TPSA) is 119 Å². The van der Waals surface area contributed by atoms with Gasteiger partial charge in [0.2, 0.25) is 0 Å². The van der Waals surface area contributed by atoms with Crippen molar-refractivity contribution in [3.05, 3.63) is 0 Å². The van der Waals surface area contributed by atoms with E-state index in [0.717, 1.165) is 0 Å². The van der Waals surface area contributed by atoms with Crippen molar-refractivity contribution >= 4 is 0 Å². The zero-order valence-corrected chi connectivity index (χ0v) is 8.77. The maximum absolute atomic E-state index is 8.31. The van der Waals surface area contributed by atoms with Gasteiger partial charge in [0.1, 0.15) is 0 Å². The molecule has 0 bridgehead atoms. The van der Waals surface area contributed by atoms with Crippen molar-refractivity contribution in [1.82, 2.24) is 5.32 Å². The van der Waals surface area contributed by atoms with Crippen LogP contribution in [0.1, 0.15) is 6.92 Å². The van der Waals surface area contributed by atoms with E-state index in [0.29, 0.717) is 0 Å². The predicted octanol–water partition coefficient (Wildman–Crippen LogP) is -2.75. The highest BCUT2D eigenvalue weighted by atomic mass is 16.3. The fourth-order valence-corrected chi connectivity index (χ4v) is 0.290. The van der Waals surface area contributed by atoms with Gasteiger partial charge in [0.05, 0.1) is 38.0 Å². The lowest BCUT2D eigenvalue weighted by atomic mass is 10.1. The molecule has 0 spiro atoms. The van der Waals surface area contributed by atoms with E-state index in [2.05, 4.69) is 5.32 Å². The van der Waals surface area contributed by atoms with E-state index in [1.807, 2.05) is 0 Å². The van der Waals surface area contributed by atoms with E-state index in [1.54, 1.807) is 14.0 Å².